The Labute approximate surface area is 185 Å². The fourth-order valence-electron chi connectivity index (χ4n) is 4.73. The molecule has 2 spiro atoms. The lowest BCUT2D eigenvalue weighted by atomic mass is 9.84. The first kappa shape index (κ1) is 18.8. The summed E-state index contributed by atoms with van der Waals surface area (Å²) in [5, 5.41) is 0. The molecule has 0 bridgehead atoms. The number of hydrogen-bond acceptors (Lipinski definition) is 3. The SMILES string of the molecule is Brc1ccc2c(c1)CCC21CSC1.O=C1Cc2cc(Br)ccc2C12CSC2. The summed E-state index contributed by atoms with van der Waals surface area (Å²) < 4.78 is 2.31. The number of carbonyl (C=O) groups is 1. The summed E-state index contributed by atoms with van der Waals surface area (Å²) in [6.07, 6.45) is 3.30. The maximum absolute atomic E-state index is 11.9. The fourth-order valence-corrected chi connectivity index (χ4v) is 8.09. The average Bonchev–Trinajstić information content (AvgIpc) is 3.08. The van der Waals surface area contributed by atoms with Crippen LogP contribution in [-0.4, -0.2) is 28.8 Å². The van der Waals surface area contributed by atoms with Crippen molar-refractivity contribution in [1.82, 2.24) is 0 Å². The molecule has 2 saturated heterocycles. The first-order valence-corrected chi connectivity index (χ1v) is 13.2. The number of Topliss-reactive ketones (excluding diaryl/α,β-unsaturated/α-hetero) is 1. The Kier molecular flexibility index (Phi) is 4.82. The second-order valence-corrected chi connectivity index (χ2v) is 11.9. The first-order valence-electron chi connectivity index (χ1n) is 9.29. The highest BCUT2D eigenvalue weighted by atomic mass is 79.9. The molecule has 0 radical (unpaired) electrons. The van der Waals surface area contributed by atoms with E-state index < -0.39 is 0 Å². The molecule has 1 nitrogen and oxygen atoms in total. The van der Waals surface area contributed by atoms with Crippen LogP contribution in [0.5, 0.6) is 0 Å². The molecule has 5 heteroatoms. The molecular formula is C22H20Br2OS2. The van der Waals surface area contributed by atoms with Gasteiger partial charge in [0.2, 0.25) is 0 Å². The minimum atomic E-state index is -0.0965. The molecule has 0 atom stereocenters. The van der Waals surface area contributed by atoms with Gasteiger partial charge in [-0.1, -0.05) is 44.0 Å². The van der Waals surface area contributed by atoms with Gasteiger partial charge in [-0.05, 0) is 59.4 Å². The highest BCUT2D eigenvalue weighted by Crippen LogP contribution is 2.50. The lowest BCUT2D eigenvalue weighted by molar-refractivity contribution is -0.121. The van der Waals surface area contributed by atoms with Gasteiger partial charge >= 0.3 is 0 Å². The van der Waals surface area contributed by atoms with Crippen molar-refractivity contribution >= 4 is 61.2 Å². The maximum atomic E-state index is 11.9. The van der Waals surface area contributed by atoms with E-state index in [1.165, 1.54) is 39.9 Å². The third-order valence-corrected chi connectivity index (χ3v) is 10.3. The van der Waals surface area contributed by atoms with Gasteiger partial charge in [0.15, 0.2) is 0 Å². The topological polar surface area (TPSA) is 17.1 Å². The van der Waals surface area contributed by atoms with Gasteiger partial charge < -0.3 is 0 Å². The van der Waals surface area contributed by atoms with Crippen LogP contribution in [0.25, 0.3) is 0 Å². The number of hydrogen-bond donors (Lipinski definition) is 0. The van der Waals surface area contributed by atoms with E-state index in [9.17, 15) is 4.79 Å². The summed E-state index contributed by atoms with van der Waals surface area (Å²) in [5.41, 5.74) is 6.21. The van der Waals surface area contributed by atoms with Crippen molar-refractivity contribution in [3.8, 4) is 0 Å². The minimum absolute atomic E-state index is 0.0965. The zero-order valence-electron chi connectivity index (χ0n) is 14.9. The number of ketones is 1. The third-order valence-electron chi connectivity index (χ3n) is 6.43. The highest BCUT2D eigenvalue weighted by molar-refractivity contribution is 9.10. The normalized spacial score (nSPS) is 22.5. The lowest BCUT2D eigenvalue weighted by Crippen LogP contribution is -2.44. The molecule has 6 rings (SSSR count). The summed E-state index contributed by atoms with van der Waals surface area (Å²) in [5.74, 6) is 5.09. The second kappa shape index (κ2) is 6.93. The van der Waals surface area contributed by atoms with E-state index >= 15 is 0 Å². The highest BCUT2D eigenvalue weighted by Gasteiger charge is 2.51. The van der Waals surface area contributed by atoms with Gasteiger partial charge in [0.25, 0.3) is 0 Å². The van der Waals surface area contributed by atoms with Crippen molar-refractivity contribution in [3.05, 3.63) is 67.6 Å². The molecule has 0 saturated carbocycles. The van der Waals surface area contributed by atoms with Gasteiger partial charge in [0, 0.05) is 43.8 Å². The van der Waals surface area contributed by atoms with E-state index in [2.05, 4.69) is 74.0 Å². The molecule has 140 valence electrons. The number of rotatable bonds is 0. The lowest BCUT2D eigenvalue weighted by Gasteiger charge is -2.38. The van der Waals surface area contributed by atoms with Crippen molar-refractivity contribution in [2.45, 2.75) is 30.1 Å². The summed E-state index contributed by atoms with van der Waals surface area (Å²) in [7, 11) is 0. The molecule has 2 aromatic rings. The quantitative estimate of drug-likeness (QED) is 0.425. The molecule has 2 heterocycles. The molecular weight excluding hydrogens is 504 g/mol. The van der Waals surface area contributed by atoms with Crippen molar-refractivity contribution < 1.29 is 4.79 Å². The van der Waals surface area contributed by atoms with Crippen LogP contribution in [-0.2, 0) is 28.5 Å². The van der Waals surface area contributed by atoms with Crippen LogP contribution in [0.2, 0.25) is 0 Å². The Morgan fingerprint density at radius 3 is 2.04 bits per heavy atom. The van der Waals surface area contributed by atoms with Gasteiger partial charge in [-0.3, -0.25) is 4.79 Å². The zero-order chi connectivity index (χ0) is 18.6. The Hall–Kier alpha value is -0.230. The number of halogens is 2. The fraction of sp³-hybridized carbons (Fsp3) is 0.409. The number of benzene rings is 2. The summed E-state index contributed by atoms with van der Waals surface area (Å²) in [6.45, 7) is 0. The number of aryl methyl sites for hydroxylation is 1. The van der Waals surface area contributed by atoms with Crippen LogP contribution < -0.4 is 0 Å². The van der Waals surface area contributed by atoms with Crippen LogP contribution in [0.1, 0.15) is 28.7 Å². The Balaban J connectivity index is 0.000000119. The smallest absolute Gasteiger partial charge is 0.149 e. The average molecular weight is 524 g/mol. The molecule has 0 amide bonds. The van der Waals surface area contributed by atoms with Crippen LogP contribution in [0.15, 0.2) is 45.3 Å². The maximum Gasteiger partial charge on any atom is 0.149 e. The van der Waals surface area contributed by atoms with Gasteiger partial charge in [-0.25, -0.2) is 0 Å². The second-order valence-electron chi connectivity index (χ2n) is 8.05. The van der Waals surface area contributed by atoms with Crippen LogP contribution in [0.3, 0.4) is 0 Å². The van der Waals surface area contributed by atoms with E-state index in [4.69, 9.17) is 0 Å². The predicted octanol–water partition coefficient (Wildman–Crippen LogP) is 5.94. The summed E-state index contributed by atoms with van der Waals surface area (Å²) in [4.78, 5) is 11.9. The van der Waals surface area contributed by atoms with E-state index in [1.807, 2.05) is 17.8 Å². The van der Waals surface area contributed by atoms with Crippen LogP contribution >= 0.6 is 55.4 Å². The van der Waals surface area contributed by atoms with Crippen molar-refractivity contribution in [2.24, 2.45) is 0 Å². The van der Waals surface area contributed by atoms with Crippen molar-refractivity contribution in [1.29, 1.82) is 0 Å². The Morgan fingerprint density at radius 1 is 0.815 bits per heavy atom. The van der Waals surface area contributed by atoms with Gasteiger partial charge in [-0.15, -0.1) is 0 Å². The van der Waals surface area contributed by atoms with E-state index in [0.717, 1.165) is 16.0 Å². The molecule has 2 aliphatic heterocycles. The molecule has 27 heavy (non-hydrogen) atoms. The zero-order valence-corrected chi connectivity index (χ0v) is 19.7. The summed E-state index contributed by atoms with van der Waals surface area (Å²) >= 11 is 10.9. The number of fused-ring (bicyclic) bond motifs is 4. The molecule has 0 unspecified atom stereocenters. The third kappa shape index (κ3) is 2.99. The molecule has 2 aliphatic carbocycles. The molecule has 0 aromatic heterocycles. The predicted molar refractivity (Wildman–Crippen MR) is 123 cm³/mol. The van der Waals surface area contributed by atoms with Crippen LogP contribution in [0.4, 0.5) is 0 Å². The summed E-state index contributed by atoms with van der Waals surface area (Å²) in [6, 6.07) is 13.1. The molecule has 4 aliphatic rings. The first-order chi connectivity index (χ1) is 13.0. The van der Waals surface area contributed by atoms with E-state index in [1.54, 1.807) is 11.1 Å². The number of thioether (sulfide) groups is 2. The largest absolute Gasteiger partial charge is 0.298 e. The molecule has 0 N–H and O–H groups in total. The van der Waals surface area contributed by atoms with Gasteiger partial charge in [0.05, 0.1) is 5.41 Å². The molecule has 2 aromatic carbocycles. The monoisotopic (exact) mass is 522 g/mol. The van der Waals surface area contributed by atoms with Crippen molar-refractivity contribution in [2.75, 3.05) is 23.0 Å². The van der Waals surface area contributed by atoms with Gasteiger partial charge in [-0.2, -0.15) is 23.5 Å². The van der Waals surface area contributed by atoms with E-state index in [0.29, 0.717) is 17.6 Å². The Morgan fingerprint density at radius 2 is 1.44 bits per heavy atom. The van der Waals surface area contributed by atoms with Crippen molar-refractivity contribution in [3.63, 3.8) is 0 Å². The number of carbonyl (C=O) groups excluding carboxylic acids is 1. The van der Waals surface area contributed by atoms with E-state index in [-0.39, 0.29) is 5.41 Å². The molecule has 2 fully saturated rings. The Bertz CT molecular complexity index is 932. The van der Waals surface area contributed by atoms with Gasteiger partial charge in [0.1, 0.15) is 5.78 Å². The minimum Gasteiger partial charge on any atom is -0.298 e. The van der Waals surface area contributed by atoms with Crippen LogP contribution in [0, 0.1) is 0 Å². The standard InChI is InChI=1S/C11H9BrOS.C11H11BrS/c12-8-1-2-9-7(3-8)4-10(13)11(9)5-14-6-11;12-9-1-2-10-8(5-9)3-4-11(10)6-13-7-11/h1-3H,4-6H2;1-2,5H,3-4,6-7H2.